The molecule has 0 saturated heterocycles. The second kappa shape index (κ2) is 7.90. The second-order valence-corrected chi connectivity index (χ2v) is 8.66. The molecule has 0 radical (unpaired) electrons. The molecule has 4 heterocycles. The lowest BCUT2D eigenvalue weighted by atomic mass is 10.0. The monoisotopic (exact) mass is 458 g/mol. The third-order valence-corrected chi connectivity index (χ3v) is 6.77. The van der Waals surface area contributed by atoms with E-state index in [9.17, 15) is 8.78 Å². The van der Waals surface area contributed by atoms with Gasteiger partial charge in [0.15, 0.2) is 11.6 Å². The summed E-state index contributed by atoms with van der Waals surface area (Å²) in [4.78, 5) is 10.5. The molecule has 1 aliphatic heterocycles. The van der Waals surface area contributed by atoms with Gasteiger partial charge in [-0.1, -0.05) is 12.1 Å². The first-order valence-corrected chi connectivity index (χ1v) is 11.2. The van der Waals surface area contributed by atoms with Gasteiger partial charge in [0, 0.05) is 40.9 Å². The van der Waals surface area contributed by atoms with Crippen LogP contribution >= 0.6 is 11.3 Å². The summed E-state index contributed by atoms with van der Waals surface area (Å²) in [6.45, 7) is 0.557. The van der Waals surface area contributed by atoms with Gasteiger partial charge >= 0.3 is 0 Å². The zero-order valence-corrected chi connectivity index (χ0v) is 18.0. The van der Waals surface area contributed by atoms with E-state index in [0.717, 1.165) is 50.2 Å². The lowest BCUT2D eigenvalue weighted by Crippen LogP contribution is -2.02. The molecule has 5 nitrogen and oxygen atoms in total. The van der Waals surface area contributed by atoms with Crippen molar-refractivity contribution in [2.75, 3.05) is 6.61 Å². The molecule has 2 aromatic carbocycles. The largest absolute Gasteiger partial charge is 0.493 e. The number of halogens is 2. The highest BCUT2D eigenvalue weighted by molar-refractivity contribution is 7.19. The fourth-order valence-electron chi connectivity index (χ4n) is 4.01. The molecule has 0 spiro atoms. The minimum Gasteiger partial charge on any atom is -0.493 e. The number of rotatable bonds is 3. The minimum atomic E-state index is -0.695. The van der Waals surface area contributed by atoms with Crippen LogP contribution in [-0.2, 0) is 6.42 Å². The van der Waals surface area contributed by atoms with Crippen molar-refractivity contribution in [1.29, 1.82) is 0 Å². The van der Waals surface area contributed by atoms with Crippen LogP contribution in [0.2, 0.25) is 0 Å². The van der Waals surface area contributed by atoms with Crippen molar-refractivity contribution in [1.82, 2.24) is 19.7 Å². The third kappa shape index (κ3) is 3.48. The molecule has 6 rings (SSSR count). The molecular weight excluding hydrogens is 442 g/mol. The Balaban J connectivity index is 1.47. The second-order valence-electron chi connectivity index (χ2n) is 7.61. The molecule has 162 valence electrons. The molecule has 1 aliphatic rings. The lowest BCUT2D eigenvalue weighted by molar-refractivity contribution is 0.326. The van der Waals surface area contributed by atoms with Crippen LogP contribution in [0.4, 0.5) is 8.78 Å². The van der Waals surface area contributed by atoms with Gasteiger partial charge in [0.25, 0.3) is 0 Å². The van der Waals surface area contributed by atoms with Gasteiger partial charge < -0.3 is 4.74 Å². The molecular formula is C25H16F2N4OS. The highest BCUT2D eigenvalue weighted by atomic mass is 32.1. The zero-order chi connectivity index (χ0) is 22.4. The topological polar surface area (TPSA) is 52.8 Å². The van der Waals surface area contributed by atoms with Crippen LogP contribution in [0.1, 0.15) is 5.56 Å². The summed E-state index contributed by atoms with van der Waals surface area (Å²) in [5, 5.41) is 4.19. The van der Waals surface area contributed by atoms with Crippen LogP contribution in [0.3, 0.4) is 0 Å². The maximum atomic E-state index is 14.4. The summed E-state index contributed by atoms with van der Waals surface area (Å²) in [7, 11) is 0. The molecule has 8 heteroatoms. The van der Waals surface area contributed by atoms with Crippen molar-refractivity contribution < 1.29 is 13.5 Å². The summed E-state index contributed by atoms with van der Waals surface area (Å²) in [5.41, 5.74) is 4.35. The molecule has 0 amide bonds. The van der Waals surface area contributed by atoms with E-state index in [1.54, 1.807) is 17.5 Å². The van der Waals surface area contributed by atoms with E-state index < -0.39 is 11.6 Å². The Hall–Kier alpha value is -3.91. The van der Waals surface area contributed by atoms with Gasteiger partial charge in [0.1, 0.15) is 23.6 Å². The van der Waals surface area contributed by atoms with E-state index >= 15 is 0 Å². The molecule has 0 saturated carbocycles. The number of pyridine rings is 1. The summed E-state index contributed by atoms with van der Waals surface area (Å²) in [6.07, 6.45) is 5.70. The highest BCUT2D eigenvalue weighted by Gasteiger charge is 2.23. The van der Waals surface area contributed by atoms with Gasteiger partial charge in [-0.05, 0) is 47.5 Å². The number of aromatic nitrogens is 4. The maximum absolute atomic E-state index is 14.4. The average Bonchev–Trinajstić information content (AvgIpc) is 3.44. The molecule has 5 aromatic rings. The normalized spacial score (nSPS) is 12.5. The van der Waals surface area contributed by atoms with E-state index in [1.165, 1.54) is 23.1 Å². The number of hydrogen-bond acceptors (Lipinski definition) is 5. The first-order chi connectivity index (χ1) is 16.2. The predicted molar refractivity (Wildman–Crippen MR) is 122 cm³/mol. The van der Waals surface area contributed by atoms with Crippen LogP contribution in [0, 0.1) is 11.6 Å². The zero-order valence-electron chi connectivity index (χ0n) is 17.2. The van der Waals surface area contributed by atoms with E-state index in [0.29, 0.717) is 12.4 Å². The van der Waals surface area contributed by atoms with Crippen LogP contribution in [-0.4, -0.2) is 26.4 Å². The van der Waals surface area contributed by atoms with Gasteiger partial charge in [-0.25, -0.2) is 18.4 Å². The van der Waals surface area contributed by atoms with E-state index in [2.05, 4.69) is 27.2 Å². The number of ether oxygens (including phenoxy) is 1. The molecule has 0 unspecified atom stereocenters. The molecule has 0 aliphatic carbocycles. The quantitative estimate of drug-likeness (QED) is 0.336. The number of benzene rings is 2. The number of hydrogen-bond donors (Lipinski definition) is 0. The number of thiophene rings is 1. The smallest absolute Gasteiger partial charge is 0.173 e. The summed E-state index contributed by atoms with van der Waals surface area (Å²) >= 11 is 1.56. The molecule has 0 atom stereocenters. The Bertz CT molecular complexity index is 1480. The van der Waals surface area contributed by atoms with Crippen molar-refractivity contribution >= 4 is 11.3 Å². The fourth-order valence-corrected chi connectivity index (χ4v) is 5.22. The van der Waals surface area contributed by atoms with E-state index in [1.807, 2.05) is 30.5 Å². The third-order valence-electron chi connectivity index (χ3n) is 5.56. The molecule has 0 N–H and O–H groups in total. The van der Waals surface area contributed by atoms with Crippen LogP contribution in [0.5, 0.6) is 5.75 Å². The van der Waals surface area contributed by atoms with Gasteiger partial charge in [0.2, 0.25) is 0 Å². The van der Waals surface area contributed by atoms with Gasteiger partial charge in [-0.3, -0.25) is 4.98 Å². The minimum absolute atomic E-state index is 0.148. The van der Waals surface area contributed by atoms with Crippen molar-refractivity contribution in [2.24, 2.45) is 0 Å². The SMILES string of the molecule is Fc1ccc(-n2ncnc2-c2cc3c(s2)-c2cc(-c4cccnc4)ccc2OCC3)c(F)c1. The summed E-state index contributed by atoms with van der Waals surface area (Å²) in [6, 6.07) is 15.5. The van der Waals surface area contributed by atoms with E-state index in [4.69, 9.17) is 4.74 Å². The first-order valence-electron chi connectivity index (χ1n) is 10.3. The predicted octanol–water partition coefficient (Wildman–Crippen LogP) is 5.94. The Morgan fingerprint density at radius 2 is 1.94 bits per heavy atom. The highest BCUT2D eigenvalue weighted by Crippen LogP contribution is 2.45. The number of fused-ring (bicyclic) bond motifs is 3. The molecule has 3 aromatic heterocycles. The molecule has 0 bridgehead atoms. The van der Waals surface area contributed by atoms with Crippen molar-refractivity contribution in [2.45, 2.75) is 6.42 Å². The van der Waals surface area contributed by atoms with Crippen molar-refractivity contribution in [3.05, 3.63) is 90.5 Å². The Labute approximate surface area is 192 Å². The standard InChI is InChI=1S/C25H16F2N4OS/c26-18-4-5-21(20(27)12-18)31-25(29-14-30-31)23-11-16-7-9-32-22-6-3-15(10-19(22)24(16)33-23)17-2-1-8-28-13-17/h1-6,8,10-14H,7,9H2. The Morgan fingerprint density at radius 1 is 1.00 bits per heavy atom. The maximum Gasteiger partial charge on any atom is 0.173 e. The van der Waals surface area contributed by atoms with Gasteiger partial charge in [0.05, 0.1) is 11.5 Å². The molecule has 33 heavy (non-hydrogen) atoms. The Morgan fingerprint density at radius 3 is 2.79 bits per heavy atom. The van der Waals surface area contributed by atoms with Crippen LogP contribution in [0.25, 0.3) is 38.0 Å². The lowest BCUT2D eigenvalue weighted by Gasteiger charge is -2.10. The van der Waals surface area contributed by atoms with Gasteiger partial charge in [-0.15, -0.1) is 11.3 Å². The molecule has 0 fully saturated rings. The van der Waals surface area contributed by atoms with Crippen LogP contribution in [0.15, 0.2) is 73.3 Å². The summed E-state index contributed by atoms with van der Waals surface area (Å²) in [5.74, 6) is -0.00759. The van der Waals surface area contributed by atoms with Crippen LogP contribution < -0.4 is 4.74 Å². The van der Waals surface area contributed by atoms with E-state index in [-0.39, 0.29) is 5.69 Å². The Kier molecular flexibility index (Phi) is 4.73. The fraction of sp³-hybridized carbons (Fsp3) is 0.0800. The van der Waals surface area contributed by atoms with Gasteiger partial charge in [-0.2, -0.15) is 5.10 Å². The first kappa shape index (κ1) is 19.8. The average molecular weight is 458 g/mol. The summed E-state index contributed by atoms with van der Waals surface area (Å²) < 4.78 is 35.3. The number of nitrogens with zero attached hydrogens (tertiary/aromatic N) is 4. The van der Waals surface area contributed by atoms with Crippen molar-refractivity contribution in [3.8, 4) is 43.7 Å². The van der Waals surface area contributed by atoms with Crippen molar-refractivity contribution in [3.63, 3.8) is 0 Å².